The molecule has 1 aliphatic heterocycles. The van der Waals surface area contributed by atoms with Crippen LogP contribution in [-0.2, 0) is 14.4 Å². The van der Waals surface area contributed by atoms with Crippen LogP contribution in [0.1, 0.15) is 76.5 Å². The van der Waals surface area contributed by atoms with Crippen molar-refractivity contribution in [1.82, 2.24) is 15.1 Å². The van der Waals surface area contributed by atoms with Gasteiger partial charge < -0.3 is 5.32 Å². The van der Waals surface area contributed by atoms with Crippen molar-refractivity contribution in [3.05, 3.63) is 35.4 Å². The maximum atomic E-state index is 12.7. The molecule has 1 saturated carbocycles. The lowest BCUT2D eigenvalue weighted by atomic mass is 9.93. The van der Waals surface area contributed by atoms with E-state index in [0.717, 1.165) is 28.2 Å². The minimum Gasteiger partial charge on any atom is -0.347 e. The van der Waals surface area contributed by atoms with Crippen molar-refractivity contribution >= 4 is 23.8 Å². The van der Waals surface area contributed by atoms with Crippen LogP contribution in [0, 0.1) is 5.92 Å². The van der Waals surface area contributed by atoms with Crippen molar-refractivity contribution in [3.63, 3.8) is 0 Å². The SMILES string of the molecule is CC(C)c1ccc([C@@H](NC(=O)CN2C(=O)C(=O)N(C3CCCC3)C2=O)C(C)C)cc1. The van der Waals surface area contributed by atoms with Crippen LogP contribution >= 0.6 is 0 Å². The monoisotopic (exact) mass is 413 g/mol. The molecule has 1 aliphatic carbocycles. The molecule has 1 aromatic carbocycles. The van der Waals surface area contributed by atoms with Crippen LogP contribution in [0.5, 0.6) is 0 Å². The van der Waals surface area contributed by atoms with Crippen LogP contribution in [-0.4, -0.2) is 46.1 Å². The fourth-order valence-electron chi connectivity index (χ4n) is 4.23. The number of carbonyl (C=O) groups is 4. The number of hydrogen-bond acceptors (Lipinski definition) is 4. The van der Waals surface area contributed by atoms with Crippen LogP contribution in [0.3, 0.4) is 0 Å². The van der Waals surface area contributed by atoms with E-state index in [2.05, 4.69) is 19.2 Å². The van der Waals surface area contributed by atoms with Crippen LogP contribution < -0.4 is 5.32 Å². The van der Waals surface area contributed by atoms with E-state index in [0.29, 0.717) is 18.8 Å². The molecular formula is C23H31N3O4. The number of carbonyl (C=O) groups excluding carboxylic acids is 4. The maximum absolute atomic E-state index is 12.7. The van der Waals surface area contributed by atoms with Crippen LogP contribution in [0.15, 0.2) is 24.3 Å². The molecular weight excluding hydrogens is 382 g/mol. The fourth-order valence-corrected chi connectivity index (χ4v) is 4.23. The van der Waals surface area contributed by atoms with Gasteiger partial charge in [0.25, 0.3) is 0 Å². The minimum atomic E-state index is -0.913. The predicted octanol–water partition coefficient (Wildman–Crippen LogP) is 3.36. The Morgan fingerprint density at radius 1 is 0.967 bits per heavy atom. The van der Waals surface area contributed by atoms with Crippen LogP contribution in [0.2, 0.25) is 0 Å². The normalized spacial score (nSPS) is 18.8. The second-order valence-electron chi connectivity index (χ2n) is 8.90. The second-order valence-corrected chi connectivity index (χ2v) is 8.90. The molecule has 2 fully saturated rings. The van der Waals surface area contributed by atoms with Crippen molar-refractivity contribution in [2.24, 2.45) is 5.92 Å². The Labute approximate surface area is 177 Å². The summed E-state index contributed by atoms with van der Waals surface area (Å²) in [7, 11) is 0. The molecule has 0 unspecified atom stereocenters. The molecule has 0 aromatic heterocycles. The molecule has 7 nitrogen and oxygen atoms in total. The zero-order valence-corrected chi connectivity index (χ0v) is 18.2. The van der Waals surface area contributed by atoms with Crippen molar-refractivity contribution < 1.29 is 19.2 Å². The smallest absolute Gasteiger partial charge is 0.334 e. The van der Waals surface area contributed by atoms with Crippen molar-refractivity contribution in [3.8, 4) is 0 Å². The average Bonchev–Trinajstić information content (AvgIpc) is 3.29. The second kappa shape index (κ2) is 8.98. The van der Waals surface area contributed by atoms with Crippen molar-refractivity contribution in [2.45, 2.75) is 71.4 Å². The molecule has 0 bridgehead atoms. The van der Waals surface area contributed by atoms with Crippen molar-refractivity contribution in [2.75, 3.05) is 6.54 Å². The quantitative estimate of drug-likeness (QED) is 0.549. The Kier molecular flexibility index (Phi) is 6.58. The number of nitrogens with one attached hydrogen (secondary N) is 1. The van der Waals surface area contributed by atoms with E-state index in [1.165, 1.54) is 5.56 Å². The third-order valence-corrected chi connectivity index (χ3v) is 6.02. The third kappa shape index (κ3) is 4.40. The molecule has 1 N–H and O–H groups in total. The largest absolute Gasteiger partial charge is 0.347 e. The molecule has 7 heteroatoms. The Bertz CT molecular complexity index is 825. The Balaban J connectivity index is 1.68. The van der Waals surface area contributed by atoms with E-state index in [-0.39, 0.29) is 18.0 Å². The molecule has 0 radical (unpaired) electrons. The number of nitrogens with zero attached hydrogens (tertiary/aromatic N) is 2. The number of amides is 5. The topological polar surface area (TPSA) is 86.8 Å². The fraction of sp³-hybridized carbons (Fsp3) is 0.565. The van der Waals surface area contributed by atoms with Crippen molar-refractivity contribution in [1.29, 1.82) is 0 Å². The Morgan fingerprint density at radius 2 is 1.53 bits per heavy atom. The summed E-state index contributed by atoms with van der Waals surface area (Å²) >= 11 is 0. The third-order valence-electron chi connectivity index (χ3n) is 6.02. The first-order valence-corrected chi connectivity index (χ1v) is 10.8. The molecule has 0 spiro atoms. The van der Waals surface area contributed by atoms with E-state index >= 15 is 0 Å². The van der Waals surface area contributed by atoms with E-state index in [1.54, 1.807) is 0 Å². The lowest BCUT2D eigenvalue weighted by Gasteiger charge is -2.25. The van der Waals surface area contributed by atoms with E-state index < -0.39 is 30.3 Å². The minimum absolute atomic E-state index is 0.112. The first-order chi connectivity index (χ1) is 14.2. The maximum Gasteiger partial charge on any atom is 0.334 e. The molecule has 5 amide bonds. The van der Waals surface area contributed by atoms with Gasteiger partial charge in [-0.1, -0.05) is 64.8 Å². The van der Waals surface area contributed by atoms with Gasteiger partial charge in [0.05, 0.1) is 6.04 Å². The van der Waals surface area contributed by atoms with Gasteiger partial charge in [-0.25, -0.2) is 9.69 Å². The highest BCUT2D eigenvalue weighted by Gasteiger charge is 2.48. The molecule has 30 heavy (non-hydrogen) atoms. The highest BCUT2D eigenvalue weighted by Crippen LogP contribution is 2.28. The highest BCUT2D eigenvalue weighted by molar-refractivity contribution is 6.45. The molecule has 3 rings (SSSR count). The zero-order valence-electron chi connectivity index (χ0n) is 18.2. The lowest BCUT2D eigenvalue weighted by Crippen LogP contribution is -2.44. The Morgan fingerprint density at radius 3 is 2.07 bits per heavy atom. The molecule has 162 valence electrons. The van der Waals surface area contributed by atoms with Gasteiger partial charge in [0.2, 0.25) is 5.91 Å². The molecule has 1 saturated heterocycles. The predicted molar refractivity (Wildman–Crippen MR) is 112 cm³/mol. The number of benzene rings is 1. The first-order valence-electron chi connectivity index (χ1n) is 10.8. The Hall–Kier alpha value is -2.70. The summed E-state index contributed by atoms with van der Waals surface area (Å²) in [5.74, 6) is -1.66. The summed E-state index contributed by atoms with van der Waals surface area (Å²) in [5.41, 5.74) is 2.18. The van der Waals surface area contributed by atoms with Gasteiger partial charge in [-0.05, 0) is 35.8 Å². The zero-order chi connectivity index (χ0) is 22.0. The first kappa shape index (κ1) is 22.0. The molecule has 1 heterocycles. The molecule has 1 aromatic rings. The number of rotatable bonds is 7. The lowest BCUT2D eigenvalue weighted by molar-refractivity contribution is -0.144. The number of imide groups is 2. The van der Waals surface area contributed by atoms with Gasteiger partial charge in [0.15, 0.2) is 0 Å². The van der Waals surface area contributed by atoms with Gasteiger partial charge in [0, 0.05) is 6.04 Å². The van der Waals surface area contributed by atoms with Gasteiger partial charge in [0.1, 0.15) is 6.54 Å². The summed E-state index contributed by atoms with van der Waals surface area (Å²) in [6, 6.07) is 6.93. The van der Waals surface area contributed by atoms with Gasteiger partial charge in [-0.15, -0.1) is 0 Å². The average molecular weight is 414 g/mol. The van der Waals surface area contributed by atoms with E-state index in [4.69, 9.17) is 0 Å². The summed E-state index contributed by atoms with van der Waals surface area (Å²) in [6.45, 7) is 7.80. The van der Waals surface area contributed by atoms with Crippen LogP contribution in [0.25, 0.3) is 0 Å². The van der Waals surface area contributed by atoms with Gasteiger partial charge in [-0.2, -0.15) is 0 Å². The summed E-state index contributed by atoms with van der Waals surface area (Å²) in [6.07, 6.45) is 3.29. The van der Waals surface area contributed by atoms with E-state index in [1.807, 2.05) is 38.1 Å². The highest BCUT2D eigenvalue weighted by atomic mass is 16.2. The van der Waals surface area contributed by atoms with Gasteiger partial charge in [-0.3, -0.25) is 19.3 Å². The summed E-state index contributed by atoms with van der Waals surface area (Å²) in [5, 5.41) is 2.93. The molecule has 2 aliphatic rings. The summed E-state index contributed by atoms with van der Waals surface area (Å²) in [4.78, 5) is 51.9. The van der Waals surface area contributed by atoms with E-state index in [9.17, 15) is 19.2 Å². The van der Waals surface area contributed by atoms with Gasteiger partial charge >= 0.3 is 17.8 Å². The molecule has 1 atom stereocenters. The number of hydrogen-bond donors (Lipinski definition) is 1. The standard InChI is InChI=1S/C23H31N3O4/c1-14(2)16-9-11-17(12-10-16)20(15(3)4)24-19(27)13-25-21(28)22(29)26(23(25)30)18-7-5-6-8-18/h9-12,14-15,18,20H,5-8,13H2,1-4H3,(H,24,27)/t20-/m0/s1. The summed E-state index contributed by atoms with van der Waals surface area (Å²) < 4.78 is 0. The van der Waals surface area contributed by atoms with Crippen LogP contribution in [0.4, 0.5) is 4.79 Å². The number of urea groups is 1.